The SMILES string of the molecule is CC(C)n1ccc2c(C(=O)Nc3ccc4c(c3)OCCO4)cccc21. The molecule has 0 unspecified atom stereocenters. The van der Waals surface area contributed by atoms with E-state index in [0.29, 0.717) is 42.0 Å². The van der Waals surface area contributed by atoms with Gasteiger partial charge in [-0.15, -0.1) is 0 Å². The number of aromatic nitrogens is 1. The van der Waals surface area contributed by atoms with E-state index in [0.717, 1.165) is 10.9 Å². The highest BCUT2D eigenvalue weighted by molar-refractivity contribution is 6.12. The van der Waals surface area contributed by atoms with Crippen molar-refractivity contribution in [3.8, 4) is 11.5 Å². The summed E-state index contributed by atoms with van der Waals surface area (Å²) in [7, 11) is 0. The molecular formula is C20H20N2O3. The van der Waals surface area contributed by atoms with Crippen LogP contribution in [0.2, 0.25) is 0 Å². The molecule has 1 aliphatic heterocycles. The molecule has 0 bridgehead atoms. The highest BCUT2D eigenvalue weighted by atomic mass is 16.6. The number of amides is 1. The second-order valence-electron chi connectivity index (χ2n) is 6.37. The second-order valence-corrected chi connectivity index (χ2v) is 6.37. The number of nitrogens with zero attached hydrogens (tertiary/aromatic N) is 1. The Morgan fingerprint density at radius 2 is 1.88 bits per heavy atom. The van der Waals surface area contributed by atoms with Gasteiger partial charge in [-0.3, -0.25) is 4.79 Å². The molecule has 1 amide bonds. The van der Waals surface area contributed by atoms with Gasteiger partial charge in [0, 0.05) is 40.5 Å². The number of nitrogens with one attached hydrogen (secondary N) is 1. The van der Waals surface area contributed by atoms with Gasteiger partial charge in [0.05, 0.1) is 0 Å². The van der Waals surface area contributed by atoms with Crippen molar-refractivity contribution in [2.75, 3.05) is 18.5 Å². The maximum absolute atomic E-state index is 12.8. The van der Waals surface area contributed by atoms with Gasteiger partial charge in [0.15, 0.2) is 11.5 Å². The van der Waals surface area contributed by atoms with E-state index in [1.807, 2.05) is 42.6 Å². The maximum atomic E-state index is 12.8. The minimum atomic E-state index is -0.135. The molecule has 0 radical (unpaired) electrons. The lowest BCUT2D eigenvalue weighted by Crippen LogP contribution is -2.16. The molecule has 3 aromatic rings. The molecule has 128 valence electrons. The fraction of sp³-hybridized carbons (Fsp3) is 0.250. The van der Waals surface area contributed by atoms with Crippen LogP contribution in [-0.2, 0) is 0 Å². The number of benzene rings is 2. The molecule has 5 heteroatoms. The minimum absolute atomic E-state index is 0.135. The van der Waals surface area contributed by atoms with Gasteiger partial charge >= 0.3 is 0 Å². The number of ether oxygens (including phenoxy) is 2. The van der Waals surface area contributed by atoms with Gasteiger partial charge in [-0.25, -0.2) is 0 Å². The van der Waals surface area contributed by atoms with Crippen LogP contribution in [0, 0.1) is 0 Å². The van der Waals surface area contributed by atoms with Crippen molar-refractivity contribution in [2.24, 2.45) is 0 Å². The fourth-order valence-electron chi connectivity index (χ4n) is 3.16. The van der Waals surface area contributed by atoms with Gasteiger partial charge in [-0.1, -0.05) is 6.07 Å². The van der Waals surface area contributed by atoms with Crippen LogP contribution in [0.5, 0.6) is 11.5 Å². The topological polar surface area (TPSA) is 52.5 Å². The zero-order valence-electron chi connectivity index (χ0n) is 14.3. The lowest BCUT2D eigenvalue weighted by atomic mass is 10.1. The van der Waals surface area contributed by atoms with Crippen molar-refractivity contribution in [1.29, 1.82) is 0 Å². The summed E-state index contributed by atoms with van der Waals surface area (Å²) in [5.74, 6) is 1.23. The van der Waals surface area contributed by atoms with E-state index in [1.165, 1.54) is 0 Å². The first-order chi connectivity index (χ1) is 12.1. The Labute approximate surface area is 146 Å². The Hall–Kier alpha value is -2.95. The van der Waals surface area contributed by atoms with Gasteiger partial charge in [-0.05, 0) is 44.2 Å². The predicted molar refractivity (Wildman–Crippen MR) is 97.7 cm³/mol. The molecule has 0 fully saturated rings. The minimum Gasteiger partial charge on any atom is -0.486 e. The Morgan fingerprint density at radius 1 is 1.08 bits per heavy atom. The Kier molecular flexibility index (Phi) is 3.84. The van der Waals surface area contributed by atoms with Crippen LogP contribution < -0.4 is 14.8 Å². The Morgan fingerprint density at radius 3 is 2.68 bits per heavy atom. The lowest BCUT2D eigenvalue weighted by Gasteiger charge is -2.19. The Bertz CT molecular complexity index is 943. The molecule has 0 aliphatic carbocycles. The molecule has 25 heavy (non-hydrogen) atoms. The average Bonchev–Trinajstić information content (AvgIpc) is 3.06. The van der Waals surface area contributed by atoms with Crippen molar-refractivity contribution in [3.63, 3.8) is 0 Å². The summed E-state index contributed by atoms with van der Waals surface area (Å²) in [5, 5.41) is 3.91. The standard InChI is InChI=1S/C20H20N2O3/c1-13(2)22-9-8-15-16(4-3-5-17(15)22)20(23)21-14-6-7-18-19(12-14)25-11-10-24-18/h3-9,12-13H,10-11H2,1-2H3,(H,21,23). The van der Waals surface area contributed by atoms with Gasteiger partial charge in [0.25, 0.3) is 5.91 Å². The average molecular weight is 336 g/mol. The van der Waals surface area contributed by atoms with Crippen LogP contribution in [0.1, 0.15) is 30.2 Å². The van der Waals surface area contributed by atoms with Crippen LogP contribution in [0.15, 0.2) is 48.7 Å². The third-order valence-electron chi connectivity index (χ3n) is 4.36. The van der Waals surface area contributed by atoms with Crippen molar-refractivity contribution in [2.45, 2.75) is 19.9 Å². The van der Waals surface area contributed by atoms with Crippen LogP contribution in [0.4, 0.5) is 5.69 Å². The van der Waals surface area contributed by atoms with Crippen LogP contribution in [-0.4, -0.2) is 23.7 Å². The monoisotopic (exact) mass is 336 g/mol. The molecule has 0 spiro atoms. The third-order valence-corrected chi connectivity index (χ3v) is 4.36. The van der Waals surface area contributed by atoms with Crippen molar-refractivity contribution < 1.29 is 14.3 Å². The van der Waals surface area contributed by atoms with E-state index in [2.05, 4.69) is 23.7 Å². The lowest BCUT2D eigenvalue weighted by molar-refractivity contribution is 0.102. The summed E-state index contributed by atoms with van der Waals surface area (Å²) in [6.07, 6.45) is 2.02. The molecule has 0 atom stereocenters. The highest BCUT2D eigenvalue weighted by Crippen LogP contribution is 2.33. The van der Waals surface area contributed by atoms with Crippen molar-refractivity contribution in [3.05, 3.63) is 54.2 Å². The van der Waals surface area contributed by atoms with Crippen LogP contribution >= 0.6 is 0 Å². The van der Waals surface area contributed by atoms with E-state index in [-0.39, 0.29) is 5.91 Å². The van der Waals surface area contributed by atoms with Crippen molar-refractivity contribution >= 4 is 22.5 Å². The van der Waals surface area contributed by atoms with Gasteiger partial charge in [0.2, 0.25) is 0 Å². The molecule has 4 rings (SSSR count). The molecule has 2 heterocycles. The van der Waals surface area contributed by atoms with Crippen LogP contribution in [0.3, 0.4) is 0 Å². The zero-order valence-corrected chi connectivity index (χ0v) is 14.3. The van der Waals surface area contributed by atoms with E-state index < -0.39 is 0 Å². The second kappa shape index (κ2) is 6.16. The summed E-state index contributed by atoms with van der Waals surface area (Å²) < 4.78 is 13.2. The first-order valence-corrected chi connectivity index (χ1v) is 8.44. The summed E-state index contributed by atoms with van der Waals surface area (Å²) in [6, 6.07) is 13.6. The quantitative estimate of drug-likeness (QED) is 0.778. The third kappa shape index (κ3) is 2.82. The molecular weight excluding hydrogens is 316 g/mol. The number of carbonyl (C=O) groups is 1. The molecule has 1 aliphatic rings. The van der Waals surface area contributed by atoms with Crippen LogP contribution in [0.25, 0.3) is 10.9 Å². The first kappa shape index (κ1) is 15.6. The number of hydrogen-bond donors (Lipinski definition) is 1. The summed E-state index contributed by atoms with van der Waals surface area (Å²) in [6.45, 7) is 5.32. The van der Waals surface area contributed by atoms with E-state index in [9.17, 15) is 4.79 Å². The number of hydrogen-bond acceptors (Lipinski definition) is 3. The van der Waals surface area contributed by atoms with E-state index in [1.54, 1.807) is 6.07 Å². The number of rotatable bonds is 3. The smallest absolute Gasteiger partial charge is 0.256 e. The molecule has 1 aromatic heterocycles. The number of anilines is 1. The fourth-order valence-corrected chi connectivity index (χ4v) is 3.16. The molecule has 5 nitrogen and oxygen atoms in total. The molecule has 0 saturated heterocycles. The largest absolute Gasteiger partial charge is 0.486 e. The number of carbonyl (C=O) groups excluding carboxylic acids is 1. The zero-order chi connectivity index (χ0) is 17.4. The maximum Gasteiger partial charge on any atom is 0.256 e. The number of fused-ring (bicyclic) bond motifs is 2. The summed E-state index contributed by atoms with van der Waals surface area (Å²) in [4.78, 5) is 12.8. The van der Waals surface area contributed by atoms with Crippen molar-refractivity contribution in [1.82, 2.24) is 4.57 Å². The normalized spacial score (nSPS) is 13.2. The van der Waals surface area contributed by atoms with Gasteiger partial charge < -0.3 is 19.4 Å². The van der Waals surface area contributed by atoms with Gasteiger partial charge in [0.1, 0.15) is 13.2 Å². The molecule has 1 N–H and O–H groups in total. The van der Waals surface area contributed by atoms with E-state index >= 15 is 0 Å². The summed E-state index contributed by atoms with van der Waals surface area (Å²) >= 11 is 0. The molecule has 0 saturated carbocycles. The van der Waals surface area contributed by atoms with Gasteiger partial charge in [-0.2, -0.15) is 0 Å². The highest BCUT2D eigenvalue weighted by Gasteiger charge is 2.16. The molecule has 2 aromatic carbocycles. The summed E-state index contributed by atoms with van der Waals surface area (Å²) in [5.41, 5.74) is 2.41. The predicted octanol–water partition coefficient (Wildman–Crippen LogP) is 4.25. The van der Waals surface area contributed by atoms with E-state index in [4.69, 9.17) is 9.47 Å². The first-order valence-electron chi connectivity index (χ1n) is 8.44. The Balaban J connectivity index is 1.64.